The van der Waals surface area contributed by atoms with Crippen molar-refractivity contribution in [2.75, 3.05) is 33.6 Å². The summed E-state index contributed by atoms with van der Waals surface area (Å²) in [6, 6.07) is 0. The minimum atomic E-state index is -4.17. The van der Waals surface area contributed by atoms with Crippen LogP contribution in [0.2, 0.25) is 0 Å². The van der Waals surface area contributed by atoms with Crippen LogP contribution in [0.4, 0.5) is 0 Å². The van der Waals surface area contributed by atoms with Crippen LogP contribution >= 0.6 is 0 Å². The van der Waals surface area contributed by atoms with E-state index in [1.54, 1.807) is 0 Å². The maximum absolute atomic E-state index is 11.9. The molecule has 0 aromatic rings. The molecule has 0 saturated heterocycles. The third-order valence-electron chi connectivity index (χ3n) is 2.63. The van der Waals surface area contributed by atoms with Crippen molar-refractivity contribution < 1.29 is 32.0 Å². The second-order valence-electron chi connectivity index (χ2n) is 4.00. The summed E-state index contributed by atoms with van der Waals surface area (Å²) in [7, 11) is -0.292. The third kappa shape index (κ3) is 3.58. The van der Waals surface area contributed by atoms with Crippen molar-refractivity contribution in [2.45, 2.75) is 0 Å². The van der Waals surface area contributed by atoms with E-state index >= 15 is 0 Å². The van der Waals surface area contributed by atoms with E-state index in [1.807, 2.05) is 0 Å². The van der Waals surface area contributed by atoms with Crippen molar-refractivity contribution in [1.82, 2.24) is 4.90 Å². The lowest BCUT2D eigenvalue weighted by atomic mass is 10.0. The van der Waals surface area contributed by atoms with Crippen LogP contribution < -0.4 is 0 Å². The molecule has 0 bridgehead atoms. The van der Waals surface area contributed by atoms with Crippen LogP contribution in [-0.2, 0) is 29.2 Å². The van der Waals surface area contributed by atoms with Crippen LogP contribution in [0.25, 0.3) is 0 Å². The number of ether oxygens (including phenoxy) is 2. The Balaban J connectivity index is 3.07. The summed E-state index contributed by atoms with van der Waals surface area (Å²) in [5.74, 6) is -2.11. The summed E-state index contributed by atoms with van der Waals surface area (Å²) in [6.45, 7) is -0.170. The summed E-state index contributed by atoms with van der Waals surface area (Å²) < 4.78 is 39.8. The molecule has 20 heavy (non-hydrogen) atoms. The first kappa shape index (κ1) is 16.2. The van der Waals surface area contributed by atoms with Crippen LogP contribution in [0.15, 0.2) is 23.3 Å². The Bertz CT molecular complexity index is 588. The van der Waals surface area contributed by atoms with Gasteiger partial charge in [0.25, 0.3) is 15.9 Å². The highest BCUT2D eigenvalue weighted by atomic mass is 32.2. The summed E-state index contributed by atoms with van der Waals surface area (Å²) in [5.41, 5.74) is -0.0815. The average molecular weight is 305 g/mol. The van der Waals surface area contributed by atoms with Gasteiger partial charge < -0.3 is 14.4 Å². The summed E-state index contributed by atoms with van der Waals surface area (Å²) in [4.78, 5) is 25.1. The zero-order chi connectivity index (χ0) is 15.5. The van der Waals surface area contributed by atoms with Crippen LogP contribution in [-0.4, -0.2) is 63.0 Å². The van der Waals surface area contributed by atoms with Gasteiger partial charge >= 0.3 is 0 Å². The normalized spacial score (nSPS) is 16.1. The molecule has 0 unspecified atom stereocenters. The summed E-state index contributed by atoms with van der Waals surface area (Å²) in [5, 5.41) is 0. The zero-order valence-corrected chi connectivity index (χ0v) is 12.1. The third-order valence-corrected chi connectivity index (χ3v) is 3.33. The molecule has 9 heteroatoms. The molecule has 0 saturated carbocycles. The summed E-state index contributed by atoms with van der Waals surface area (Å²) >= 11 is 0. The number of rotatable bonds is 6. The van der Waals surface area contributed by atoms with Gasteiger partial charge in [-0.05, 0) is 0 Å². The lowest BCUT2D eigenvalue weighted by molar-refractivity contribution is -0.121. The first-order valence-corrected chi connectivity index (χ1v) is 7.11. The van der Waals surface area contributed by atoms with Crippen LogP contribution in [0.1, 0.15) is 0 Å². The maximum Gasteiger partial charge on any atom is 0.266 e. The Hall–Kier alpha value is -1.87. The molecule has 1 N–H and O–H groups in total. The van der Waals surface area contributed by atoms with E-state index in [-0.39, 0.29) is 23.8 Å². The molecule has 0 fully saturated rings. The molecule has 0 heterocycles. The summed E-state index contributed by atoms with van der Waals surface area (Å²) in [6.07, 6.45) is 1.00. The number of likely N-dealkylation sites (N-methyl/N-ethyl adjacent to an activating group) is 1. The van der Waals surface area contributed by atoms with Crippen LogP contribution in [0.3, 0.4) is 0 Å². The van der Waals surface area contributed by atoms with E-state index < -0.39 is 27.4 Å². The molecule has 0 radical (unpaired) electrons. The molecule has 112 valence electrons. The Kier molecular flexibility index (Phi) is 4.90. The fourth-order valence-electron chi connectivity index (χ4n) is 1.65. The van der Waals surface area contributed by atoms with Crippen molar-refractivity contribution >= 4 is 21.7 Å². The Labute approximate surface area is 116 Å². The highest BCUT2D eigenvalue weighted by molar-refractivity contribution is 7.85. The van der Waals surface area contributed by atoms with Gasteiger partial charge in [0.1, 0.15) is 5.70 Å². The van der Waals surface area contributed by atoms with Crippen LogP contribution in [0, 0.1) is 0 Å². The topological polar surface area (TPSA) is 110 Å². The second kappa shape index (κ2) is 6.06. The molecule has 0 spiro atoms. The van der Waals surface area contributed by atoms with Crippen molar-refractivity contribution in [3.63, 3.8) is 0 Å². The Morgan fingerprint density at radius 2 is 1.85 bits per heavy atom. The Morgan fingerprint density at radius 1 is 1.25 bits per heavy atom. The van der Waals surface area contributed by atoms with Gasteiger partial charge in [-0.25, -0.2) is 0 Å². The molecule has 0 aromatic carbocycles. The molecule has 0 atom stereocenters. The van der Waals surface area contributed by atoms with Gasteiger partial charge in [-0.15, -0.1) is 0 Å². The molecular formula is C11H15NO7S. The van der Waals surface area contributed by atoms with Gasteiger partial charge in [0.2, 0.25) is 5.78 Å². The number of hydrogen-bond donors (Lipinski definition) is 1. The first-order chi connectivity index (χ1) is 9.21. The number of Topliss-reactive ketones (excluding diaryl/α,β-unsaturated/α-hetero) is 1. The SMILES string of the molecule is COC1=CC(=O)C(N(C)CCS(=O)(=O)O)=C(OC)C1=O. The van der Waals surface area contributed by atoms with E-state index in [2.05, 4.69) is 0 Å². The lowest BCUT2D eigenvalue weighted by Crippen LogP contribution is -2.34. The van der Waals surface area contributed by atoms with Gasteiger partial charge in [0.05, 0.1) is 20.0 Å². The van der Waals surface area contributed by atoms with Gasteiger partial charge in [0, 0.05) is 19.7 Å². The number of carbonyl (C=O) groups is 2. The maximum atomic E-state index is 11.9. The minimum absolute atomic E-state index is 0.0815. The predicted octanol–water partition coefficient (Wildman–Crippen LogP) is -0.654. The smallest absolute Gasteiger partial charge is 0.266 e. The zero-order valence-electron chi connectivity index (χ0n) is 11.2. The van der Waals surface area contributed by atoms with Gasteiger partial charge in [-0.2, -0.15) is 8.42 Å². The molecular weight excluding hydrogens is 290 g/mol. The highest BCUT2D eigenvalue weighted by Crippen LogP contribution is 2.22. The van der Waals surface area contributed by atoms with Gasteiger partial charge in [-0.1, -0.05) is 0 Å². The van der Waals surface area contributed by atoms with E-state index in [1.165, 1.54) is 26.2 Å². The first-order valence-electron chi connectivity index (χ1n) is 5.50. The van der Waals surface area contributed by atoms with E-state index in [0.29, 0.717) is 0 Å². The number of ketones is 2. The number of methoxy groups -OCH3 is 2. The molecule has 8 nitrogen and oxygen atoms in total. The van der Waals surface area contributed by atoms with Crippen molar-refractivity contribution in [1.29, 1.82) is 0 Å². The minimum Gasteiger partial charge on any atom is -0.492 e. The molecule has 0 aromatic heterocycles. The predicted molar refractivity (Wildman–Crippen MR) is 68.2 cm³/mol. The van der Waals surface area contributed by atoms with E-state index in [4.69, 9.17) is 14.0 Å². The molecule has 0 aliphatic heterocycles. The number of nitrogens with zero attached hydrogens (tertiary/aromatic N) is 1. The van der Waals surface area contributed by atoms with Gasteiger partial charge in [0.15, 0.2) is 11.5 Å². The average Bonchev–Trinajstić information content (AvgIpc) is 2.36. The quantitative estimate of drug-likeness (QED) is 0.509. The number of allylic oxidation sites excluding steroid dienone is 1. The lowest BCUT2D eigenvalue weighted by Gasteiger charge is -2.25. The van der Waals surface area contributed by atoms with Crippen LogP contribution in [0.5, 0.6) is 0 Å². The highest BCUT2D eigenvalue weighted by Gasteiger charge is 2.32. The Morgan fingerprint density at radius 3 is 2.30 bits per heavy atom. The molecule has 0 amide bonds. The van der Waals surface area contributed by atoms with E-state index in [9.17, 15) is 18.0 Å². The molecule has 1 aliphatic rings. The standard InChI is InChI=1S/C11H15NO7S/c1-12(4-5-20(15,16)17)9-7(13)6-8(18-2)10(14)11(9)19-3/h6H,4-5H2,1-3H3,(H,15,16,17). The molecule has 1 aliphatic carbocycles. The van der Waals surface area contributed by atoms with Crippen molar-refractivity contribution in [2.24, 2.45) is 0 Å². The van der Waals surface area contributed by atoms with Crippen molar-refractivity contribution in [3.05, 3.63) is 23.3 Å². The fourth-order valence-corrected chi connectivity index (χ4v) is 2.16. The molecule has 1 rings (SSSR count). The largest absolute Gasteiger partial charge is 0.492 e. The second-order valence-corrected chi connectivity index (χ2v) is 5.57. The number of hydrogen-bond acceptors (Lipinski definition) is 7. The van der Waals surface area contributed by atoms with E-state index in [0.717, 1.165) is 6.08 Å². The number of carbonyl (C=O) groups excluding carboxylic acids is 2. The fraction of sp³-hybridized carbons (Fsp3) is 0.455. The monoisotopic (exact) mass is 305 g/mol. The van der Waals surface area contributed by atoms with Crippen molar-refractivity contribution in [3.8, 4) is 0 Å². The van der Waals surface area contributed by atoms with Gasteiger partial charge in [-0.3, -0.25) is 14.1 Å².